The summed E-state index contributed by atoms with van der Waals surface area (Å²) in [6.07, 6.45) is 1.06. The summed E-state index contributed by atoms with van der Waals surface area (Å²) in [5.74, 6) is -1.11. The van der Waals surface area contributed by atoms with Gasteiger partial charge < -0.3 is 5.32 Å². The number of ketones is 1. The molecule has 24 heavy (non-hydrogen) atoms. The van der Waals surface area contributed by atoms with Crippen molar-refractivity contribution in [2.45, 2.75) is 26.3 Å². The number of sulfone groups is 1. The molecule has 1 aromatic carbocycles. The van der Waals surface area contributed by atoms with E-state index in [-0.39, 0.29) is 24.5 Å². The zero-order valence-electron chi connectivity index (χ0n) is 13.8. The van der Waals surface area contributed by atoms with Crippen molar-refractivity contribution in [3.8, 4) is 0 Å². The van der Waals surface area contributed by atoms with E-state index in [1.165, 1.54) is 0 Å². The molecule has 1 aliphatic rings. The lowest BCUT2D eigenvalue weighted by Gasteiger charge is -2.13. The molecule has 130 valence electrons. The lowest BCUT2D eigenvalue weighted by Crippen LogP contribution is -2.36. The molecule has 0 bridgehead atoms. The van der Waals surface area contributed by atoms with Crippen LogP contribution in [0, 0.1) is 13.8 Å². The topological polar surface area (TPSA) is 101 Å². The number of urea groups is 1. The monoisotopic (exact) mass is 352 g/mol. The Kier molecular flexibility index (Phi) is 5.08. The second kappa shape index (κ2) is 6.72. The van der Waals surface area contributed by atoms with Gasteiger partial charge in [0.25, 0.3) is 5.91 Å². The van der Waals surface area contributed by atoms with E-state index < -0.39 is 27.8 Å². The van der Waals surface area contributed by atoms with Crippen molar-refractivity contribution in [2.75, 3.05) is 18.6 Å². The molecule has 1 aromatic rings. The molecule has 0 unspecified atom stereocenters. The van der Waals surface area contributed by atoms with Crippen molar-refractivity contribution >= 4 is 27.6 Å². The van der Waals surface area contributed by atoms with Gasteiger partial charge >= 0.3 is 6.03 Å². The first kappa shape index (κ1) is 18.1. The summed E-state index contributed by atoms with van der Waals surface area (Å²) in [4.78, 5) is 37.4. The Bertz CT molecular complexity index is 801. The molecule has 0 radical (unpaired) electrons. The summed E-state index contributed by atoms with van der Waals surface area (Å²) >= 11 is 0. The first-order valence-electron chi connectivity index (χ1n) is 7.48. The van der Waals surface area contributed by atoms with Gasteiger partial charge in [-0.2, -0.15) is 0 Å². The Labute approximate surface area is 140 Å². The minimum Gasteiger partial charge on any atom is -0.326 e. The minimum atomic E-state index is -3.23. The second-order valence-corrected chi connectivity index (χ2v) is 8.35. The smallest absolute Gasteiger partial charge is 0.325 e. The third-order valence-electron chi connectivity index (χ3n) is 3.87. The molecule has 0 aromatic heterocycles. The van der Waals surface area contributed by atoms with E-state index in [0.29, 0.717) is 5.56 Å². The van der Waals surface area contributed by atoms with Gasteiger partial charge in [-0.15, -0.1) is 0 Å². The quantitative estimate of drug-likeness (QED) is 0.604. The van der Waals surface area contributed by atoms with Crippen LogP contribution in [0.1, 0.15) is 27.9 Å². The summed E-state index contributed by atoms with van der Waals surface area (Å²) in [6, 6.07) is 3.75. The number of nitrogens with one attached hydrogen (secondary N) is 1. The largest absolute Gasteiger partial charge is 0.326 e. The van der Waals surface area contributed by atoms with E-state index >= 15 is 0 Å². The van der Waals surface area contributed by atoms with Crippen molar-refractivity contribution in [1.29, 1.82) is 0 Å². The molecular formula is C16H20N2O5S. The molecule has 3 amide bonds. The van der Waals surface area contributed by atoms with Crippen LogP contribution in [0.4, 0.5) is 4.79 Å². The van der Waals surface area contributed by atoms with Crippen molar-refractivity contribution in [2.24, 2.45) is 0 Å². The number of benzene rings is 1. The van der Waals surface area contributed by atoms with E-state index in [0.717, 1.165) is 22.3 Å². The van der Waals surface area contributed by atoms with Crippen LogP contribution in [0.2, 0.25) is 0 Å². The predicted octanol–water partition coefficient (Wildman–Crippen LogP) is 0.841. The fourth-order valence-electron chi connectivity index (χ4n) is 2.61. The SMILES string of the molecule is Cc1ccc(C(=O)CN2C(=O)N[C@@H](CCS(C)(=O)=O)C2=O)c(C)c1. The van der Waals surface area contributed by atoms with Gasteiger partial charge in [0.2, 0.25) is 0 Å². The molecule has 1 N–H and O–H groups in total. The second-order valence-electron chi connectivity index (χ2n) is 6.09. The van der Waals surface area contributed by atoms with Crippen LogP contribution in [-0.4, -0.2) is 55.6 Å². The molecule has 1 aliphatic heterocycles. The number of aryl methyl sites for hydroxylation is 2. The highest BCUT2D eigenvalue weighted by atomic mass is 32.2. The number of hydrogen-bond acceptors (Lipinski definition) is 5. The zero-order valence-corrected chi connectivity index (χ0v) is 14.6. The average molecular weight is 352 g/mol. The Balaban J connectivity index is 2.08. The van der Waals surface area contributed by atoms with Gasteiger partial charge in [-0.3, -0.25) is 14.5 Å². The standard InChI is InChI=1S/C16H20N2O5S/c1-10-4-5-12(11(2)8-10)14(19)9-18-15(20)13(17-16(18)21)6-7-24(3,22)23/h4-5,8,13H,6-7,9H2,1-3H3,(H,17,21)/t13-/m0/s1. The number of nitrogens with zero attached hydrogens (tertiary/aromatic N) is 1. The van der Waals surface area contributed by atoms with E-state index in [1.54, 1.807) is 19.1 Å². The van der Waals surface area contributed by atoms with Gasteiger partial charge in [0, 0.05) is 11.8 Å². The van der Waals surface area contributed by atoms with Crippen LogP contribution < -0.4 is 5.32 Å². The van der Waals surface area contributed by atoms with Gasteiger partial charge in [-0.25, -0.2) is 13.2 Å². The number of carbonyl (C=O) groups excluding carboxylic acids is 3. The molecule has 0 saturated carbocycles. The summed E-state index contributed by atoms with van der Waals surface area (Å²) in [5.41, 5.74) is 2.25. The van der Waals surface area contributed by atoms with Crippen LogP contribution in [0.15, 0.2) is 18.2 Å². The molecule has 1 saturated heterocycles. The lowest BCUT2D eigenvalue weighted by molar-refractivity contribution is -0.127. The molecule has 1 atom stereocenters. The Morgan fingerprint density at radius 3 is 2.50 bits per heavy atom. The highest BCUT2D eigenvalue weighted by molar-refractivity contribution is 7.90. The Morgan fingerprint density at radius 2 is 1.92 bits per heavy atom. The van der Waals surface area contributed by atoms with Gasteiger partial charge in [0.1, 0.15) is 15.9 Å². The molecule has 7 nitrogen and oxygen atoms in total. The van der Waals surface area contributed by atoms with E-state index in [1.807, 2.05) is 13.0 Å². The fourth-order valence-corrected chi connectivity index (χ4v) is 3.27. The number of hydrogen-bond donors (Lipinski definition) is 1. The molecule has 1 fully saturated rings. The average Bonchev–Trinajstić information content (AvgIpc) is 2.72. The number of amides is 3. The normalized spacial score (nSPS) is 18.0. The van der Waals surface area contributed by atoms with Gasteiger partial charge in [-0.05, 0) is 25.8 Å². The van der Waals surface area contributed by atoms with Crippen molar-refractivity contribution in [1.82, 2.24) is 10.2 Å². The third kappa shape index (κ3) is 4.19. The molecule has 0 spiro atoms. The minimum absolute atomic E-state index is 0.00232. The molecular weight excluding hydrogens is 332 g/mol. The van der Waals surface area contributed by atoms with E-state index in [2.05, 4.69) is 5.32 Å². The number of rotatable bonds is 6. The fraction of sp³-hybridized carbons (Fsp3) is 0.438. The molecule has 2 rings (SSSR count). The van der Waals surface area contributed by atoms with Gasteiger partial charge in [-0.1, -0.05) is 23.8 Å². The van der Waals surface area contributed by atoms with E-state index in [9.17, 15) is 22.8 Å². The summed E-state index contributed by atoms with van der Waals surface area (Å²) in [5, 5.41) is 2.43. The number of carbonyl (C=O) groups is 3. The first-order chi connectivity index (χ1) is 11.1. The molecule has 1 heterocycles. The highest BCUT2D eigenvalue weighted by Gasteiger charge is 2.39. The van der Waals surface area contributed by atoms with Crippen LogP contribution in [0.25, 0.3) is 0 Å². The Morgan fingerprint density at radius 1 is 1.25 bits per heavy atom. The third-order valence-corrected chi connectivity index (χ3v) is 4.85. The maximum atomic E-state index is 12.4. The van der Waals surface area contributed by atoms with Crippen LogP contribution in [-0.2, 0) is 14.6 Å². The van der Waals surface area contributed by atoms with Crippen LogP contribution in [0.3, 0.4) is 0 Å². The lowest BCUT2D eigenvalue weighted by atomic mass is 10.0. The van der Waals surface area contributed by atoms with Crippen LogP contribution in [0.5, 0.6) is 0 Å². The number of Topliss-reactive ketones (excluding diaryl/α,β-unsaturated/α-hetero) is 1. The van der Waals surface area contributed by atoms with Crippen molar-refractivity contribution in [3.05, 3.63) is 34.9 Å². The number of imide groups is 1. The zero-order chi connectivity index (χ0) is 18.1. The highest BCUT2D eigenvalue weighted by Crippen LogP contribution is 2.15. The van der Waals surface area contributed by atoms with Gasteiger partial charge in [0.15, 0.2) is 5.78 Å². The summed E-state index contributed by atoms with van der Waals surface area (Å²) in [7, 11) is -3.23. The predicted molar refractivity (Wildman–Crippen MR) is 88.6 cm³/mol. The summed E-state index contributed by atoms with van der Waals surface area (Å²) < 4.78 is 22.4. The maximum Gasteiger partial charge on any atom is 0.325 e. The first-order valence-corrected chi connectivity index (χ1v) is 9.54. The van der Waals surface area contributed by atoms with Crippen molar-refractivity contribution in [3.63, 3.8) is 0 Å². The maximum absolute atomic E-state index is 12.4. The van der Waals surface area contributed by atoms with Crippen LogP contribution >= 0.6 is 0 Å². The molecule has 0 aliphatic carbocycles. The summed E-state index contributed by atoms with van der Waals surface area (Å²) in [6.45, 7) is 3.34. The van der Waals surface area contributed by atoms with Crippen molar-refractivity contribution < 1.29 is 22.8 Å². The Hall–Kier alpha value is -2.22. The molecule has 8 heteroatoms. The van der Waals surface area contributed by atoms with Gasteiger partial charge in [0.05, 0.1) is 12.3 Å². The van der Waals surface area contributed by atoms with E-state index in [4.69, 9.17) is 0 Å².